The Kier molecular flexibility index (Phi) is 13.6. The van der Waals surface area contributed by atoms with Crippen LogP contribution in [0.5, 0.6) is 11.5 Å². The van der Waals surface area contributed by atoms with E-state index in [1.54, 1.807) is 14.0 Å². The molecule has 0 radical (unpaired) electrons. The van der Waals surface area contributed by atoms with Crippen LogP contribution in [0.3, 0.4) is 0 Å². The second kappa shape index (κ2) is 19.2. The van der Waals surface area contributed by atoms with E-state index in [4.69, 9.17) is 30.8 Å². The van der Waals surface area contributed by atoms with Crippen LogP contribution in [-0.2, 0) is 31.9 Å². The second-order valence-electron chi connectivity index (χ2n) is 15.5. The second-order valence-corrected chi connectivity index (χ2v) is 16.9. The Morgan fingerprint density at radius 1 is 1.00 bits per heavy atom. The Morgan fingerprint density at radius 3 is 2.52 bits per heavy atom. The number of rotatable bonds is 14. The van der Waals surface area contributed by atoms with E-state index in [2.05, 4.69) is 37.3 Å². The SMILES string of the molecule is CCOC(=O)CC(c1ccc(C)c(CN2CCOc3cc(N4CCN(CC5CCN(C(=N)/C=C\C(=N)C(N)=O)CC5)CC4)ccc3S2=O)c1)c1cc(OC)c2n[nH]nc2c1. The van der Waals surface area contributed by atoms with Gasteiger partial charge in [-0.05, 0) is 91.3 Å². The number of nitrogens with one attached hydrogen (secondary N) is 3. The van der Waals surface area contributed by atoms with Gasteiger partial charge in [-0.25, -0.2) is 8.51 Å². The van der Waals surface area contributed by atoms with Crippen LogP contribution in [0.4, 0.5) is 5.69 Å². The summed E-state index contributed by atoms with van der Waals surface area (Å²) < 4.78 is 33.5. The Labute approximate surface area is 352 Å². The number of esters is 1. The van der Waals surface area contributed by atoms with E-state index in [9.17, 15) is 13.8 Å². The summed E-state index contributed by atoms with van der Waals surface area (Å²) in [5.74, 6) is 0.592. The lowest BCUT2D eigenvalue weighted by atomic mass is 9.86. The highest BCUT2D eigenvalue weighted by atomic mass is 32.2. The maximum absolute atomic E-state index is 14.2. The number of primary amides is 1. The highest BCUT2D eigenvalue weighted by molar-refractivity contribution is 7.82. The first-order valence-electron chi connectivity index (χ1n) is 20.5. The van der Waals surface area contributed by atoms with Crippen LogP contribution in [-0.4, -0.2) is 130 Å². The minimum Gasteiger partial charge on any atom is -0.494 e. The minimum absolute atomic E-state index is 0.124. The van der Waals surface area contributed by atoms with Crippen LogP contribution < -0.4 is 20.1 Å². The van der Waals surface area contributed by atoms with Gasteiger partial charge < -0.3 is 29.7 Å². The van der Waals surface area contributed by atoms with E-state index < -0.39 is 16.9 Å². The maximum atomic E-state index is 14.2. The zero-order valence-corrected chi connectivity index (χ0v) is 35.3. The van der Waals surface area contributed by atoms with Gasteiger partial charge in [-0.1, -0.05) is 18.2 Å². The van der Waals surface area contributed by atoms with Gasteiger partial charge in [0, 0.05) is 76.6 Å². The summed E-state index contributed by atoms with van der Waals surface area (Å²) in [4.78, 5) is 31.6. The van der Waals surface area contributed by atoms with Crippen molar-refractivity contribution < 1.29 is 28.0 Å². The lowest BCUT2D eigenvalue weighted by Gasteiger charge is -2.40. The number of amides is 1. The third kappa shape index (κ3) is 9.86. The van der Waals surface area contributed by atoms with Crippen molar-refractivity contribution in [3.05, 3.63) is 82.9 Å². The first kappa shape index (κ1) is 42.5. The fourth-order valence-electron chi connectivity index (χ4n) is 8.21. The summed E-state index contributed by atoms with van der Waals surface area (Å²) >= 11 is 0. The summed E-state index contributed by atoms with van der Waals surface area (Å²) in [7, 11) is 0.114. The number of ether oxygens (including phenoxy) is 3. The first-order chi connectivity index (χ1) is 29.0. The molecule has 17 heteroatoms. The molecule has 318 valence electrons. The van der Waals surface area contributed by atoms with Crippen molar-refractivity contribution in [1.82, 2.24) is 29.5 Å². The number of hydrogen-bond donors (Lipinski definition) is 4. The molecule has 2 fully saturated rings. The van der Waals surface area contributed by atoms with Gasteiger partial charge in [0.25, 0.3) is 5.91 Å². The molecule has 2 atom stereocenters. The Hall–Kier alpha value is -5.65. The smallest absolute Gasteiger partial charge is 0.306 e. The number of anilines is 1. The van der Waals surface area contributed by atoms with Crippen LogP contribution in [0, 0.1) is 23.7 Å². The van der Waals surface area contributed by atoms with Gasteiger partial charge in [0.15, 0.2) is 5.52 Å². The molecule has 4 heterocycles. The predicted octanol–water partition coefficient (Wildman–Crippen LogP) is 4.15. The zero-order valence-electron chi connectivity index (χ0n) is 34.4. The number of carbonyl (C=O) groups excluding carboxylic acids is 2. The monoisotopic (exact) mass is 838 g/mol. The van der Waals surface area contributed by atoms with Crippen LogP contribution >= 0.6 is 0 Å². The van der Waals surface area contributed by atoms with Gasteiger partial charge in [-0.15, -0.1) is 0 Å². The standard InChI is InChI=1S/C43H54N10O6S/c1-4-58-41(54)25-34(31-22-36-42(48-49-47-36)38(23-31)57-3)30-6-5-28(2)32(21-30)27-53-19-20-59-37-24-33(7-9-39(37)60(53)56)51-17-15-50(16-18-51)26-29-11-13-52(14-12-29)40(45)10-8-35(44)43(46)55/h5-10,21-24,29,34,44-45H,4,11-20,25-27H2,1-3H3,(H2,46,55)(H,47,48,49)/b10-8-,44-35?,45-40?. The quantitative estimate of drug-likeness (QED) is 0.0806. The lowest BCUT2D eigenvalue weighted by molar-refractivity contribution is -0.143. The topological polar surface area (TPSA) is 207 Å². The third-order valence-electron chi connectivity index (χ3n) is 11.7. The van der Waals surface area contributed by atoms with Crippen LogP contribution in [0.15, 0.2) is 65.6 Å². The number of aryl methyl sites for hydroxylation is 1. The van der Waals surface area contributed by atoms with Gasteiger partial charge in [0.2, 0.25) is 0 Å². The summed E-state index contributed by atoms with van der Waals surface area (Å²) in [6, 6.07) is 16.0. The Bertz CT molecular complexity index is 2280. The largest absolute Gasteiger partial charge is 0.494 e. The van der Waals surface area contributed by atoms with Crippen molar-refractivity contribution in [3.8, 4) is 11.5 Å². The number of amidine groups is 1. The lowest BCUT2D eigenvalue weighted by Crippen LogP contribution is -2.49. The van der Waals surface area contributed by atoms with Gasteiger partial charge >= 0.3 is 5.97 Å². The molecule has 0 saturated carbocycles. The molecule has 0 spiro atoms. The van der Waals surface area contributed by atoms with Crippen molar-refractivity contribution in [2.45, 2.75) is 50.5 Å². The van der Waals surface area contributed by atoms with Crippen molar-refractivity contribution in [2.24, 2.45) is 11.7 Å². The highest BCUT2D eigenvalue weighted by Crippen LogP contribution is 2.37. The molecule has 0 bridgehead atoms. The number of piperidine rings is 1. The molecule has 60 heavy (non-hydrogen) atoms. The number of hydrogen-bond acceptors (Lipinski definition) is 12. The van der Waals surface area contributed by atoms with Crippen molar-refractivity contribution in [1.29, 1.82) is 10.8 Å². The summed E-state index contributed by atoms with van der Waals surface area (Å²) in [5, 5.41) is 27.0. The molecule has 5 N–H and O–H groups in total. The van der Waals surface area contributed by atoms with Gasteiger partial charge in [0.1, 0.15) is 46.2 Å². The molecule has 0 aliphatic carbocycles. The average molecular weight is 839 g/mol. The molecule has 1 amide bonds. The Balaban J connectivity index is 0.977. The van der Waals surface area contributed by atoms with E-state index in [1.165, 1.54) is 12.2 Å². The molecule has 7 rings (SSSR count). The molecule has 16 nitrogen and oxygen atoms in total. The third-order valence-corrected chi connectivity index (χ3v) is 13.2. The average Bonchev–Trinajstić information content (AvgIpc) is 3.68. The minimum atomic E-state index is -1.47. The van der Waals surface area contributed by atoms with E-state index in [1.807, 2.05) is 52.5 Å². The van der Waals surface area contributed by atoms with Crippen molar-refractivity contribution in [3.63, 3.8) is 0 Å². The summed E-state index contributed by atoms with van der Waals surface area (Å²) in [6.07, 6.45) is 4.86. The fraction of sp³-hybridized carbons (Fsp3) is 0.442. The van der Waals surface area contributed by atoms with Crippen LogP contribution in [0.2, 0.25) is 0 Å². The number of nitrogens with two attached hydrogens (primary N) is 1. The number of carbonyl (C=O) groups is 2. The van der Waals surface area contributed by atoms with Crippen molar-refractivity contribution >= 4 is 51.1 Å². The predicted molar refractivity (Wildman–Crippen MR) is 230 cm³/mol. The van der Waals surface area contributed by atoms with E-state index >= 15 is 0 Å². The number of aromatic nitrogens is 3. The molecule has 3 aliphatic rings. The number of aromatic amines is 1. The van der Waals surface area contributed by atoms with E-state index in [0.29, 0.717) is 58.9 Å². The molecule has 3 aromatic carbocycles. The normalized spacial score (nSPS) is 18.5. The summed E-state index contributed by atoms with van der Waals surface area (Å²) in [6.45, 7) is 11.6. The molecular weight excluding hydrogens is 785 g/mol. The van der Waals surface area contributed by atoms with Crippen molar-refractivity contribution in [2.75, 3.05) is 77.6 Å². The van der Waals surface area contributed by atoms with Crippen LogP contribution in [0.25, 0.3) is 11.0 Å². The van der Waals surface area contributed by atoms with E-state index in [-0.39, 0.29) is 30.6 Å². The number of nitrogens with zero attached hydrogens (tertiary/aromatic N) is 6. The fourth-order valence-corrected chi connectivity index (χ4v) is 9.46. The number of likely N-dealkylation sites (tertiary alicyclic amines) is 1. The zero-order chi connectivity index (χ0) is 42.3. The number of H-pyrrole nitrogens is 1. The maximum Gasteiger partial charge on any atom is 0.306 e. The highest BCUT2D eigenvalue weighted by Gasteiger charge is 2.29. The van der Waals surface area contributed by atoms with Gasteiger partial charge in [0.05, 0.1) is 25.0 Å². The molecule has 3 aliphatic heterocycles. The Morgan fingerprint density at radius 2 is 1.78 bits per heavy atom. The number of methoxy groups -OCH3 is 1. The number of benzene rings is 3. The van der Waals surface area contributed by atoms with Gasteiger partial charge in [-0.2, -0.15) is 15.4 Å². The number of piperazine rings is 1. The molecule has 1 aromatic heterocycles. The number of fused-ring (bicyclic) bond motifs is 2. The molecule has 4 aromatic rings. The van der Waals surface area contributed by atoms with Gasteiger partial charge in [-0.3, -0.25) is 25.3 Å². The van der Waals surface area contributed by atoms with Crippen LogP contribution in [0.1, 0.15) is 54.4 Å². The molecule has 2 saturated heterocycles. The summed E-state index contributed by atoms with van der Waals surface area (Å²) in [5.41, 5.74) is 11.0. The molecule has 2 unspecified atom stereocenters. The first-order valence-corrected chi connectivity index (χ1v) is 21.6. The van der Waals surface area contributed by atoms with E-state index in [0.717, 1.165) is 86.6 Å². The molecular formula is C43H54N10O6S.